The van der Waals surface area contributed by atoms with E-state index in [1.807, 2.05) is 12.1 Å². The van der Waals surface area contributed by atoms with Crippen LogP contribution in [0.5, 0.6) is 11.5 Å². The van der Waals surface area contributed by atoms with E-state index in [4.69, 9.17) is 21.1 Å². The number of piperidine rings is 1. The van der Waals surface area contributed by atoms with Crippen LogP contribution in [-0.4, -0.2) is 71.1 Å². The highest BCUT2D eigenvalue weighted by Gasteiger charge is 2.37. The molecule has 0 radical (unpaired) electrons. The molecule has 2 heterocycles. The fraction of sp³-hybridized carbons (Fsp3) is 0.583. The zero-order valence-electron chi connectivity index (χ0n) is 27.0. The van der Waals surface area contributed by atoms with Crippen molar-refractivity contribution in [1.82, 2.24) is 19.8 Å². The number of hydrogen-bond acceptors (Lipinski definition) is 7. The summed E-state index contributed by atoms with van der Waals surface area (Å²) in [6.45, 7) is 3.37. The van der Waals surface area contributed by atoms with E-state index in [1.165, 1.54) is 82.7 Å². The van der Waals surface area contributed by atoms with Gasteiger partial charge in [-0.3, -0.25) is 4.79 Å². The summed E-state index contributed by atoms with van der Waals surface area (Å²) in [5, 5.41) is 4.00. The monoisotopic (exact) mass is 651 g/mol. The fourth-order valence-electron chi connectivity index (χ4n) is 7.61. The number of rotatable bonds is 11. The summed E-state index contributed by atoms with van der Waals surface area (Å²) in [4.78, 5) is 27.6. The maximum atomic E-state index is 14.0. The van der Waals surface area contributed by atoms with Crippen molar-refractivity contribution in [1.29, 1.82) is 0 Å². The van der Waals surface area contributed by atoms with Gasteiger partial charge in [0.1, 0.15) is 18.0 Å². The van der Waals surface area contributed by atoms with E-state index in [0.29, 0.717) is 53.1 Å². The largest absolute Gasteiger partial charge is 0.493 e. The van der Waals surface area contributed by atoms with Crippen molar-refractivity contribution in [2.75, 3.05) is 38.7 Å². The minimum Gasteiger partial charge on any atom is -0.493 e. The second kappa shape index (κ2) is 15.6. The number of aromatic nitrogens is 2. The fourth-order valence-corrected chi connectivity index (χ4v) is 7.79. The number of methoxy groups -OCH3 is 1. The lowest BCUT2D eigenvalue weighted by Crippen LogP contribution is -2.52. The molecule has 3 aliphatic rings. The van der Waals surface area contributed by atoms with E-state index in [9.17, 15) is 9.18 Å². The quantitative estimate of drug-likeness (QED) is 0.210. The molecule has 2 saturated carbocycles. The summed E-state index contributed by atoms with van der Waals surface area (Å²) in [5.41, 5.74) is 1.31. The molecule has 1 saturated heterocycles. The van der Waals surface area contributed by atoms with E-state index in [-0.39, 0.29) is 10.9 Å². The molecule has 1 aromatic heterocycles. The van der Waals surface area contributed by atoms with Gasteiger partial charge in [0.2, 0.25) is 5.91 Å². The molecule has 1 amide bonds. The summed E-state index contributed by atoms with van der Waals surface area (Å²) in [6, 6.07) is 9.09. The first-order chi connectivity index (χ1) is 22.5. The predicted molar refractivity (Wildman–Crippen MR) is 181 cm³/mol. The molecule has 3 fully saturated rings. The number of carbonyl (C=O) groups is 1. The first-order valence-corrected chi connectivity index (χ1v) is 17.6. The Morgan fingerprint density at radius 2 is 1.65 bits per heavy atom. The standard InChI is InChI=1S/C36H47ClFN5O3/c1-45-33-23-32-29(35(40-24-39-32)41-26-13-14-31(38)30(37)21-26)22-34(33)46-20-8-17-42-18-15-25(16-19-42)36(44)43(27-9-4-2-5-10-27)28-11-6-3-7-12-28/h13-14,21-25,27-28H,2-12,15-20H2,1H3,(H,39,40,41). The molecular weight excluding hydrogens is 605 g/mol. The zero-order chi connectivity index (χ0) is 31.9. The maximum Gasteiger partial charge on any atom is 0.226 e. The first-order valence-electron chi connectivity index (χ1n) is 17.2. The third-order valence-corrected chi connectivity index (χ3v) is 10.4. The summed E-state index contributed by atoms with van der Waals surface area (Å²) in [5.74, 6) is 1.90. The lowest BCUT2D eigenvalue weighted by Gasteiger charge is -2.44. The molecule has 2 aliphatic carbocycles. The number of halogens is 2. The van der Waals surface area contributed by atoms with E-state index >= 15 is 0 Å². The Labute approximate surface area is 277 Å². The van der Waals surface area contributed by atoms with Gasteiger partial charge >= 0.3 is 0 Å². The van der Waals surface area contributed by atoms with Gasteiger partial charge in [-0.05, 0) is 82.3 Å². The number of anilines is 2. The van der Waals surface area contributed by atoms with Crippen molar-refractivity contribution in [3.05, 3.63) is 47.5 Å². The van der Waals surface area contributed by atoms with Crippen LogP contribution in [0.2, 0.25) is 5.02 Å². The zero-order valence-corrected chi connectivity index (χ0v) is 27.7. The Hall–Kier alpha value is -3.17. The van der Waals surface area contributed by atoms with Gasteiger partial charge in [0.15, 0.2) is 11.5 Å². The molecular formula is C36H47ClFN5O3. The van der Waals surface area contributed by atoms with Crippen LogP contribution >= 0.6 is 11.6 Å². The van der Waals surface area contributed by atoms with Gasteiger partial charge in [-0.15, -0.1) is 0 Å². The lowest BCUT2D eigenvalue weighted by molar-refractivity contribution is -0.144. The number of nitrogens with one attached hydrogen (secondary N) is 1. The topological polar surface area (TPSA) is 79.8 Å². The number of ether oxygens (including phenoxy) is 2. The van der Waals surface area contributed by atoms with E-state index in [0.717, 1.165) is 44.3 Å². The number of likely N-dealkylation sites (tertiary alicyclic amines) is 1. The van der Waals surface area contributed by atoms with Crippen LogP contribution in [0.25, 0.3) is 10.9 Å². The average molecular weight is 652 g/mol. The van der Waals surface area contributed by atoms with E-state index in [1.54, 1.807) is 13.2 Å². The molecule has 248 valence electrons. The molecule has 2 aromatic carbocycles. The van der Waals surface area contributed by atoms with Gasteiger partial charge in [-0.2, -0.15) is 0 Å². The molecule has 1 N–H and O–H groups in total. The van der Waals surface area contributed by atoms with Gasteiger partial charge in [-0.1, -0.05) is 50.1 Å². The Kier molecular flexibility index (Phi) is 11.1. The first kappa shape index (κ1) is 32.8. The summed E-state index contributed by atoms with van der Waals surface area (Å²) in [7, 11) is 1.62. The van der Waals surface area contributed by atoms with E-state index < -0.39 is 5.82 Å². The predicted octanol–water partition coefficient (Wildman–Crippen LogP) is 8.15. The van der Waals surface area contributed by atoms with Crippen LogP contribution in [0.3, 0.4) is 0 Å². The summed E-state index contributed by atoms with van der Waals surface area (Å²) >= 11 is 5.98. The van der Waals surface area contributed by atoms with Crippen molar-refractivity contribution >= 4 is 39.9 Å². The molecule has 0 unspecified atom stereocenters. The van der Waals surface area contributed by atoms with Crippen LogP contribution < -0.4 is 14.8 Å². The van der Waals surface area contributed by atoms with Gasteiger partial charge in [0.05, 0.1) is 24.3 Å². The highest BCUT2D eigenvalue weighted by atomic mass is 35.5. The Balaban J connectivity index is 1.02. The lowest BCUT2D eigenvalue weighted by atomic mass is 9.86. The number of nitrogens with zero attached hydrogens (tertiary/aromatic N) is 4. The number of fused-ring (bicyclic) bond motifs is 1. The van der Waals surface area contributed by atoms with Gasteiger partial charge in [0, 0.05) is 41.7 Å². The third-order valence-electron chi connectivity index (χ3n) is 10.1. The van der Waals surface area contributed by atoms with Gasteiger partial charge in [-0.25, -0.2) is 14.4 Å². The average Bonchev–Trinajstić information content (AvgIpc) is 3.09. The van der Waals surface area contributed by atoms with Crippen molar-refractivity contribution in [2.45, 2.75) is 95.6 Å². The Morgan fingerprint density at radius 1 is 0.957 bits per heavy atom. The van der Waals surface area contributed by atoms with Crippen LogP contribution in [0.15, 0.2) is 36.7 Å². The smallest absolute Gasteiger partial charge is 0.226 e. The number of hydrogen-bond donors (Lipinski definition) is 1. The molecule has 0 spiro atoms. The van der Waals surface area contributed by atoms with Crippen molar-refractivity contribution in [3.8, 4) is 11.5 Å². The third kappa shape index (κ3) is 7.85. The van der Waals surface area contributed by atoms with Crippen molar-refractivity contribution in [2.24, 2.45) is 5.92 Å². The molecule has 8 nitrogen and oxygen atoms in total. The molecule has 10 heteroatoms. The van der Waals surface area contributed by atoms with Gasteiger partial charge < -0.3 is 24.6 Å². The molecule has 46 heavy (non-hydrogen) atoms. The number of benzene rings is 2. The minimum absolute atomic E-state index is 0.0331. The highest BCUT2D eigenvalue weighted by Crippen LogP contribution is 2.36. The van der Waals surface area contributed by atoms with Crippen LogP contribution in [0.1, 0.15) is 83.5 Å². The number of carbonyl (C=O) groups excluding carboxylic acids is 1. The Morgan fingerprint density at radius 3 is 2.30 bits per heavy atom. The SMILES string of the molecule is COc1cc2ncnc(Nc3ccc(F)c(Cl)c3)c2cc1OCCCN1CCC(C(=O)N(C2CCCCC2)C2CCCCC2)CC1. The molecule has 3 aromatic rings. The Bertz CT molecular complexity index is 1450. The number of amides is 1. The molecule has 0 atom stereocenters. The molecule has 1 aliphatic heterocycles. The minimum atomic E-state index is -0.478. The summed E-state index contributed by atoms with van der Waals surface area (Å²) < 4.78 is 25.5. The van der Waals surface area contributed by atoms with Crippen LogP contribution in [0, 0.1) is 11.7 Å². The van der Waals surface area contributed by atoms with E-state index in [2.05, 4.69) is 25.1 Å². The summed E-state index contributed by atoms with van der Waals surface area (Å²) in [6.07, 6.45) is 16.7. The highest BCUT2D eigenvalue weighted by molar-refractivity contribution is 6.31. The van der Waals surface area contributed by atoms with Crippen molar-refractivity contribution in [3.63, 3.8) is 0 Å². The second-order valence-corrected chi connectivity index (χ2v) is 13.6. The van der Waals surface area contributed by atoms with Crippen LogP contribution in [-0.2, 0) is 4.79 Å². The van der Waals surface area contributed by atoms with Gasteiger partial charge in [0.25, 0.3) is 0 Å². The normalized spacial score (nSPS) is 18.8. The molecule has 6 rings (SSSR count). The van der Waals surface area contributed by atoms with Crippen molar-refractivity contribution < 1.29 is 18.7 Å². The molecule has 0 bridgehead atoms. The second-order valence-electron chi connectivity index (χ2n) is 13.1. The maximum absolute atomic E-state index is 14.0. The van der Waals surface area contributed by atoms with Crippen LogP contribution in [0.4, 0.5) is 15.9 Å².